The highest BCUT2D eigenvalue weighted by Gasteiger charge is 2.16. The second-order valence-electron chi connectivity index (χ2n) is 7.99. The zero-order chi connectivity index (χ0) is 22.9. The van der Waals surface area contributed by atoms with E-state index in [1.165, 1.54) is 13.2 Å². The van der Waals surface area contributed by atoms with Crippen molar-refractivity contribution in [2.24, 2.45) is 5.92 Å². The average Bonchev–Trinajstić information content (AvgIpc) is 2.80. The molecule has 172 valence electrons. The summed E-state index contributed by atoms with van der Waals surface area (Å²) in [6.45, 7) is 6.89. The molecule has 1 unspecified atom stereocenters. The summed E-state index contributed by atoms with van der Waals surface area (Å²) in [6, 6.07) is 9.85. The van der Waals surface area contributed by atoms with Crippen molar-refractivity contribution in [1.82, 2.24) is 0 Å². The Morgan fingerprint density at radius 1 is 0.968 bits per heavy atom. The van der Waals surface area contributed by atoms with Gasteiger partial charge in [-0.05, 0) is 36.3 Å². The molecule has 0 aliphatic rings. The predicted molar refractivity (Wildman–Crippen MR) is 127 cm³/mol. The quantitative estimate of drug-likeness (QED) is 0.137. The van der Waals surface area contributed by atoms with E-state index in [4.69, 9.17) is 9.47 Å². The number of ether oxygens (including phenoxy) is 2. The molecule has 0 aliphatic carbocycles. The first-order chi connectivity index (χ1) is 15.0. The van der Waals surface area contributed by atoms with Gasteiger partial charge in [-0.2, -0.15) is 0 Å². The van der Waals surface area contributed by atoms with Gasteiger partial charge in [-0.15, -0.1) is 0 Å². The third kappa shape index (κ3) is 11.0. The Labute approximate surface area is 188 Å². The zero-order valence-electron chi connectivity index (χ0n) is 19.8. The van der Waals surface area contributed by atoms with Gasteiger partial charge in [0.15, 0.2) is 0 Å². The fraction of sp³-hybridized carbons (Fsp3) is 0.556. The van der Waals surface area contributed by atoms with Crippen molar-refractivity contribution in [3.63, 3.8) is 0 Å². The lowest BCUT2D eigenvalue weighted by atomic mass is 9.95. The minimum Gasteiger partial charge on any atom is -0.466 e. The molecule has 0 N–H and O–H groups in total. The predicted octanol–water partition coefficient (Wildman–Crippen LogP) is 6.59. The number of rotatable bonds is 15. The molecular formula is C27H40O4. The van der Waals surface area contributed by atoms with E-state index >= 15 is 0 Å². The summed E-state index contributed by atoms with van der Waals surface area (Å²) in [5, 5.41) is 0. The van der Waals surface area contributed by atoms with E-state index in [1.54, 1.807) is 6.08 Å². The third-order valence-corrected chi connectivity index (χ3v) is 5.52. The fourth-order valence-electron chi connectivity index (χ4n) is 3.46. The van der Waals surface area contributed by atoms with Gasteiger partial charge in [0.05, 0.1) is 13.7 Å². The van der Waals surface area contributed by atoms with Gasteiger partial charge in [0.2, 0.25) is 0 Å². The molecule has 0 bridgehead atoms. The largest absolute Gasteiger partial charge is 0.466 e. The van der Waals surface area contributed by atoms with E-state index in [1.807, 2.05) is 30.3 Å². The highest BCUT2D eigenvalue weighted by molar-refractivity contribution is 5.91. The van der Waals surface area contributed by atoms with Gasteiger partial charge in [-0.25, -0.2) is 9.59 Å². The first kappa shape index (κ1) is 26.7. The van der Waals surface area contributed by atoms with Crippen LogP contribution in [0.15, 0.2) is 53.6 Å². The number of carbonyl (C=O) groups excluding carboxylic acids is 2. The van der Waals surface area contributed by atoms with Crippen molar-refractivity contribution in [3.8, 4) is 0 Å². The van der Waals surface area contributed by atoms with E-state index in [0.717, 1.165) is 62.5 Å². The maximum absolute atomic E-state index is 12.6. The Bertz CT molecular complexity index is 703. The Hall–Kier alpha value is -2.36. The van der Waals surface area contributed by atoms with Crippen LogP contribution in [0.1, 0.15) is 77.7 Å². The smallest absolute Gasteiger partial charge is 0.334 e. The molecule has 4 nitrogen and oxygen atoms in total. The van der Waals surface area contributed by atoms with E-state index in [2.05, 4.69) is 20.8 Å². The van der Waals surface area contributed by atoms with Crippen LogP contribution in [-0.2, 0) is 25.5 Å². The summed E-state index contributed by atoms with van der Waals surface area (Å²) >= 11 is 0. The van der Waals surface area contributed by atoms with Crippen LogP contribution >= 0.6 is 0 Å². The molecule has 31 heavy (non-hydrogen) atoms. The van der Waals surface area contributed by atoms with Crippen molar-refractivity contribution in [1.29, 1.82) is 0 Å². The lowest BCUT2D eigenvalue weighted by molar-refractivity contribution is -0.139. The minimum atomic E-state index is -0.355. The molecule has 0 aromatic heterocycles. The molecule has 0 spiro atoms. The molecule has 0 heterocycles. The Kier molecular flexibility index (Phi) is 14.1. The number of hydrogen-bond acceptors (Lipinski definition) is 4. The second-order valence-corrected chi connectivity index (χ2v) is 7.99. The van der Waals surface area contributed by atoms with Crippen LogP contribution in [0.4, 0.5) is 0 Å². The Morgan fingerprint density at radius 3 is 2.29 bits per heavy atom. The van der Waals surface area contributed by atoms with Crippen molar-refractivity contribution in [3.05, 3.63) is 59.2 Å². The van der Waals surface area contributed by atoms with Crippen LogP contribution in [0.2, 0.25) is 0 Å². The minimum absolute atomic E-state index is 0.348. The molecule has 0 radical (unpaired) electrons. The van der Waals surface area contributed by atoms with Crippen LogP contribution in [0.5, 0.6) is 0 Å². The van der Waals surface area contributed by atoms with Crippen LogP contribution in [0, 0.1) is 5.92 Å². The molecule has 1 aromatic rings. The average molecular weight is 429 g/mol. The summed E-state index contributed by atoms with van der Waals surface area (Å²) in [5.74, 6) is -0.300. The van der Waals surface area contributed by atoms with Gasteiger partial charge in [-0.3, -0.25) is 0 Å². The first-order valence-electron chi connectivity index (χ1n) is 11.7. The fourth-order valence-corrected chi connectivity index (χ4v) is 3.46. The number of benzene rings is 1. The lowest BCUT2D eigenvalue weighted by Gasteiger charge is -2.14. The summed E-state index contributed by atoms with van der Waals surface area (Å²) in [4.78, 5) is 24.9. The van der Waals surface area contributed by atoms with Gasteiger partial charge in [0.1, 0.15) is 0 Å². The molecular weight excluding hydrogens is 388 g/mol. The van der Waals surface area contributed by atoms with Gasteiger partial charge in [-0.1, -0.05) is 89.3 Å². The van der Waals surface area contributed by atoms with Crippen LogP contribution in [0.25, 0.3) is 0 Å². The monoisotopic (exact) mass is 428 g/mol. The summed E-state index contributed by atoms with van der Waals surface area (Å²) < 4.78 is 10.6. The lowest BCUT2D eigenvalue weighted by Crippen LogP contribution is -2.13. The van der Waals surface area contributed by atoms with Crippen molar-refractivity contribution in [2.45, 2.75) is 78.6 Å². The van der Waals surface area contributed by atoms with Crippen LogP contribution in [0.3, 0.4) is 0 Å². The molecule has 1 atom stereocenters. The number of allylic oxidation sites excluding steroid dienone is 2. The van der Waals surface area contributed by atoms with Crippen LogP contribution < -0.4 is 0 Å². The van der Waals surface area contributed by atoms with Crippen molar-refractivity contribution < 1.29 is 19.1 Å². The van der Waals surface area contributed by atoms with E-state index < -0.39 is 0 Å². The maximum Gasteiger partial charge on any atom is 0.334 e. The van der Waals surface area contributed by atoms with Gasteiger partial charge < -0.3 is 9.47 Å². The number of carbonyl (C=O) groups is 2. The number of esters is 2. The standard InChI is InChI=1S/C27H40O4/c1-5-8-11-17-24(18-19-26(28)31-21-22(7-3)14-9-6-2)25(27(29)30-4)20-23-15-12-10-13-16-23/h10,12-13,15-16,18-19,22H,5-9,11,14,17,20-21H2,1-4H3/b19-18+,25-24+. The van der Waals surface area contributed by atoms with Gasteiger partial charge in [0, 0.05) is 18.1 Å². The van der Waals surface area contributed by atoms with E-state index in [9.17, 15) is 9.59 Å². The number of methoxy groups -OCH3 is 1. The molecule has 4 heteroatoms. The summed E-state index contributed by atoms with van der Waals surface area (Å²) in [7, 11) is 1.40. The number of hydrogen-bond donors (Lipinski definition) is 0. The topological polar surface area (TPSA) is 52.6 Å². The molecule has 0 saturated carbocycles. The zero-order valence-corrected chi connectivity index (χ0v) is 19.8. The molecule has 0 amide bonds. The molecule has 0 saturated heterocycles. The Balaban J connectivity index is 2.99. The van der Waals surface area contributed by atoms with E-state index in [-0.39, 0.29) is 11.9 Å². The molecule has 1 rings (SSSR count). The highest BCUT2D eigenvalue weighted by Crippen LogP contribution is 2.21. The van der Waals surface area contributed by atoms with Gasteiger partial charge in [0.25, 0.3) is 0 Å². The molecule has 0 fully saturated rings. The highest BCUT2D eigenvalue weighted by atomic mass is 16.5. The van der Waals surface area contributed by atoms with Crippen LogP contribution in [-0.4, -0.2) is 25.7 Å². The van der Waals surface area contributed by atoms with Gasteiger partial charge >= 0.3 is 11.9 Å². The molecule has 1 aromatic carbocycles. The van der Waals surface area contributed by atoms with Crippen molar-refractivity contribution in [2.75, 3.05) is 13.7 Å². The summed E-state index contributed by atoms with van der Waals surface area (Å²) in [5.41, 5.74) is 2.48. The third-order valence-electron chi connectivity index (χ3n) is 5.52. The summed E-state index contributed by atoms with van der Waals surface area (Å²) in [6.07, 6.45) is 11.9. The van der Waals surface area contributed by atoms with E-state index in [0.29, 0.717) is 24.5 Å². The normalized spacial score (nSPS) is 13.0. The Morgan fingerprint density at radius 2 is 1.68 bits per heavy atom. The first-order valence-corrected chi connectivity index (χ1v) is 11.7. The SMILES string of the molecule is CCCCCC(/C=C/C(=O)OCC(CC)CCCC)=C(/Cc1ccccc1)C(=O)OC. The number of unbranched alkanes of at least 4 members (excludes halogenated alkanes) is 3. The van der Waals surface area contributed by atoms with Crippen molar-refractivity contribution >= 4 is 11.9 Å². The maximum atomic E-state index is 12.6. The second kappa shape index (κ2) is 16.3. The molecule has 0 aliphatic heterocycles.